The Morgan fingerprint density at radius 2 is 2.00 bits per heavy atom. The van der Waals surface area contributed by atoms with E-state index >= 15 is 0 Å². The summed E-state index contributed by atoms with van der Waals surface area (Å²) in [6, 6.07) is 7.50. The highest BCUT2D eigenvalue weighted by atomic mass is 79.9. The van der Waals surface area contributed by atoms with Crippen molar-refractivity contribution in [1.82, 2.24) is 5.32 Å². The highest BCUT2D eigenvalue weighted by Gasteiger charge is 1.97. The molecule has 0 heterocycles. The molecule has 1 aromatic carbocycles. The van der Waals surface area contributed by atoms with Crippen LogP contribution in [-0.2, 0) is 16.1 Å². The van der Waals surface area contributed by atoms with Gasteiger partial charge in [0.2, 0.25) is 6.29 Å². The average Bonchev–Trinajstić information content (AvgIpc) is 2.16. The largest absolute Gasteiger partial charge is 0.346 e. The van der Waals surface area contributed by atoms with Crippen molar-refractivity contribution < 1.29 is 9.59 Å². The van der Waals surface area contributed by atoms with E-state index in [2.05, 4.69) is 21.2 Å². The lowest BCUT2D eigenvalue weighted by Crippen LogP contribution is -2.23. The Bertz CT molecular complexity index is 308. The first-order chi connectivity index (χ1) is 6.22. The molecular formula is C9H8BrNO2. The summed E-state index contributed by atoms with van der Waals surface area (Å²) in [5.41, 5.74) is 0.957. The molecule has 0 spiro atoms. The van der Waals surface area contributed by atoms with Crippen molar-refractivity contribution in [2.75, 3.05) is 0 Å². The van der Waals surface area contributed by atoms with Gasteiger partial charge in [-0.2, -0.15) is 0 Å². The molecule has 1 N–H and O–H groups in total. The fraction of sp³-hybridized carbons (Fsp3) is 0.111. The highest BCUT2D eigenvalue weighted by Crippen LogP contribution is 2.09. The minimum atomic E-state index is -0.595. The predicted octanol–water partition coefficient (Wildman–Crippen LogP) is 1.26. The van der Waals surface area contributed by atoms with Crippen LogP contribution in [0.4, 0.5) is 0 Å². The Labute approximate surface area is 84.3 Å². The topological polar surface area (TPSA) is 46.2 Å². The van der Waals surface area contributed by atoms with E-state index < -0.39 is 5.91 Å². The third kappa shape index (κ3) is 3.38. The molecule has 0 aliphatic rings. The van der Waals surface area contributed by atoms with Gasteiger partial charge in [0.1, 0.15) is 0 Å². The number of hydrogen-bond acceptors (Lipinski definition) is 2. The van der Waals surface area contributed by atoms with Gasteiger partial charge in [-0.25, -0.2) is 0 Å². The van der Waals surface area contributed by atoms with Gasteiger partial charge in [0, 0.05) is 11.0 Å². The molecule has 0 aliphatic carbocycles. The van der Waals surface area contributed by atoms with Crippen LogP contribution < -0.4 is 5.32 Å². The Morgan fingerprint density at radius 3 is 2.54 bits per heavy atom. The highest BCUT2D eigenvalue weighted by molar-refractivity contribution is 9.10. The smallest absolute Gasteiger partial charge is 0.284 e. The van der Waals surface area contributed by atoms with Crippen LogP contribution >= 0.6 is 15.9 Å². The maximum absolute atomic E-state index is 10.6. The van der Waals surface area contributed by atoms with Crippen LogP contribution in [0.15, 0.2) is 28.7 Å². The van der Waals surface area contributed by atoms with E-state index in [-0.39, 0.29) is 6.29 Å². The van der Waals surface area contributed by atoms with Gasteiger partial charge >= 0.3 is 0 Å². The van der Waals surface area contributed by atoms with Crippen molar-refractivity contribution in [2.45, 2.75) is 6.54 Å². The van der Waals surface area contributed by atoms with E-state index in [9.17, 15) is 9.59 Å². The molecule has 4 heteroatoms. The van der Waals surface area contributed by atoms with Crippen LogP contribution in [0.2, 0.25) is 0 Å². The van der Waals surface area contributed by atoms with Crippen molar-refractivity contribution >= 4 is 28.1 Å². The summed E-state index contributed by atoms with van der Waals surface area (Å²) in [6.45, 7) is 0.380. The zero-order chi connectivity index (χ0) is 9.68. The van der Waals surface area contributed by atoms with Crippen LogP contribution in [0, 0.1) is 0 Å². The van der Waals surface area contributed by atoms with Gasteiger partial charge in [0.05, 0.1) is 0 Å². The minimum absolute atomic E-state index is 0.263. The molecule has 0 saturated heterocycles. The molecular weight excluding hydrogens is 234 g/mol. The number of carbonyl (C=O) groups is 2. The van der Waals surface area contributed by atoms with Crippen molar-refractivity contribution in [3.05, 3.63) is 34.3 Å². The number of aldehydes is 1. The second-order valence-electron chi connectivity index (χ2n) is 2.46. The van der Waals surface area contributed by atoms with Crippen LogP contribution in [0.1, 0.15) is 5.56 Å². The van der Waals surface area contributed by atoms with Crippen molar-refractivity contribution in [3.8, 4) is 0 Å². The quantitative estimate of drug-likeness (QED) is 0.640. The summed E-state index contributed by atoms with van der Waals surface area (Å²) in [6.07, 6.45) is 0.263. The van der Waals surface area contributed by atoms with Gasteiger partial charge in [-0.15, -0.1) is 0 Å². The molecule has 0 atom stereocenters. The minimum Gasteiger partial charge on any atom is -0.346 e. The van der Waals surface area contributed by atoms with Gasteiger partial charge in [-0.1, -0.05) is 28.1 Å². The molecule has 0 fully saturated rings. The summed E-state index contributed by atoms with van der Waals surface area (Å²) in [7, 11) is 0. The third-order valence-corrected chi connectivity index (χ3v) is 2.02. The van der Waals surface area contributed by atoms with Crippen LogP contribution in [0.5, 0.6) is 0 Å². The third-order valence-electron chi connectivity index (χ3n) is 1.49. The molecule has 1 amide bonds. The second kappa shape index (κ2) is 4.77. The fourth-order valence-corrected chi connectivity index (χ4v) is 1.10. The summed E-state index contributed by atoms with van der Waals surface area (Å²) < 4.78 is 0.984. The average molecular weight is 242 g/mol. The Balaban J connectivity index is 2.50. The lowest BCUT2D eigenvalue weighted by atomic mass is 10.2. The SMILES string of the molecule is O=CC(=O)NCc1ccc(Br)cc1. The number of hydrogen-bond donors (Lipinski definition) is 1. The van der Waals surface area contributed by atoms with Crippen LogP contribution in [0.3, 0.4) is 0 Å². The number of amides is 1. The first kappa shape index (κ1) is 9.92. The van der Waals surface area contributed by atoms with Crippen molar-refractivity contribution in [3.63, 3.8) is 0 Å². The second-order valence-corrected chi connectivity index (χ2v) is 3.38. The fourth-order valence-electron chi connectivity index (χ4n) is 0.833. The summed E-state index contributed by atoms with van der Waals surface area (Å²) in [5.74, 6) is -0.595. The summed E-state index contributed by atoms with van der Waals surface area (Å²) in [5, 5.41) is 2.45. The van der Waals surface area contributed by atoms with E-state index in [1.54, 1.807) is 0 Å². The standard InChI is InChI=1S/C9H8BrNO2/c10-8-3-1-7(2-4-8)5-11-9(13)6-12/h1-4,6H,5H2,(H,11,13). The van der Waals surface area contributed by atoms with Gasteiger partial charge in [-0.05, 0) is 17.7 Å². The van der Waals surface area contributed by atoms with E-state index in [1.807, 2.05) is 24.3 Å². The molecule has 3 nitrogen and oxygen atoms in total. The van der Waals surface area contributed by atoms with E-state index in [0.717, 1.165) is 10.0 Å². The molecule has 0 unspecified atom stereocenters. The predicted molar refractivity (Wildman–Crippen MR) is 52.1 cm³/mol. The number of benzene rings is 1. The Kier molecular flexibility index (Phi) is 3.64. The van der Waals surface area contributed by atoms with Gasteiger partial charge in [-0.3, -0.25) is 9.59 Å². The molecule has 1 rings (SSSR count). The van der Waals surface area contributed by atoms with E-state index in [1.165, 1.54) is 0 Å². The number of carbonyl (C=O) groups excluding carboxylic acids is 2. The molecule has 1 aromatic rings. The molecule has 0 aromatic heterocycles. The maximum atomic E-state index is 10.6. The molecule has 0 saturated carbocycles. The van der Waals surface area contributed by atoms with Gasteiger partial charge in [0.15, 0.2) is 0 Å². The molecule has 0 aliphatic heterocycles. The lowest BCUT2D eigenvalue weighted by Gasteiger charge is -2.00. The molecule has 0 radical (unpaired) electrons. The zero-order valence-corrected chi connectivity index (χ0v) is 8.37. The normalized spacial score (nSPS) is 9.31. The first-order valence-electron chi connectivity index (χ1n) is 3.70. The number of rotatable bonds is 3. The molecule has 68 valence electrons. The number of nitrogens with one attached hydrogen (secondary N) is 1. The summed E-state index contributed by atoms with van der Waals surface area (Å²) >= 11 is 3.30. The van der Waals surface area contributed by atoms with Crippen LogP contribution in [0.25, 0.3) is 0 Å². The Hall–Kier alpha value is -1.16. The van der Waals surface area contributed by atoms with Crippen molar-refractivity contribution in [2.24, 2.45) is 0 Å². The monoisotopic (exact) mass is 241 g/mol. The zero-order valence-electron chi connectivity index (χ0n) is 6.79. The molecule has 13 heavy (non-hydrogen) atoms. The van der Waals surface area contributed by atoms with E-state index in [4.69, 9.17) is 0 Å². The van der Waals surface area contributed by atoms with Crippen LogP contribution in [-0.4, -0.2) is 12.2 Å². The van der Waals surface area contributed by atoms with E-state index in [0.29, 0.717) is 6.54 Å². The molecule has 0 bridgehead atoms. The lowest BCUT2D eigenvalue weighted by molar-refractivity contribution is -0.131. The number of halogens is 1. The maximum Gasteiger partial charge on any atom is 0.284 e. The van der Waals surface area contributed by atoms with Gasteiger partial charge < -0.3 is 5.32 Å². The van der Waals surface area contributed by atoms with Gasteiger partial charge in [0.25, 0.3) is 5.91 Å². The summed E-state index contributed by atoms with van der Waals surface area (Å²) in [4.78, 5) is 20.5. The first-order valence-corrected chi connectivity index (χ1v) is 4.49. The Morgan fingerprint density at radius 1 is 1.38 bits per heavy atom. The van der Waals surface area contributed by atoms with Crippen molar-refractivity contribution in [1.29, 1.82) is 0 Å².